The highest BCUT2D eigenvalue weighted by atomic mass is 32.2. The first-order valence-electron chi connectivity index (χ1n) is 14.0. The third kappa shape index (κ3) is 5.06. The number of hydrogen-bond acceptors (Lipinski definition) is 8. The van der Waals surface area contributed by atoms with E-state index in [0.29, 0.717) is 48.8 Å². The Balaban J connectivity index is 1.29. The SMILES string of the molecule is CCCn1cc(CN2C(=O)C3(OCCCO3)c3cc(S(=O)(=O)N4CCC[C@H]4COc4ccc(F)cc4F)ccc32)nn1. The number of fused-ring (bicyclic) bond motifs is 2. The van der Waals surface area contributed by atoms with E-state index < -0.39 is 39.4 Å². The van der Waals surface area contributed by atoms with Crippen LogP contribution in [-0.2, 0) is 43.2 Å². The molecule has 0 radical (unpaired) electrons. The van der Waals surface area contributed by atoms with Gasteiger partial charge in [0.2, 0.25) is 10.0 Å². The molecule has 0 N–H and O–H groups in total. The van der Waals surface area contributed by atoms with Gasteiger partial charge in [0, 0.05) is 24.7 Å². The number of aromatic nitrogens is 3. The molecule has 3 aliphatic heterocycles. The molecule has 42 heavy (non-hydrogen) atoms. The highest BCUT2D eigenvalue weighted by Crippen LogP contribution is 2.47. The fraction of sp³-hybridized carbons (Fsp3) is 0.464. The maximum atomic E-state index is 14.1. The Labute approximate surface area is 242 Å². The largest absolute Gasteiger partial charge is 0.489 e. The predicted molar refractivity (Wildman–Crippen MR) is 145 cm³/mol. The minimum atomic E-state index is -4.05. The lowest BCUT2D eigenvalue weighted by Gasteiger charge is -2.32. The number of hydrogen-bond donors (Lipinski definition) is 0. The number of ether oxygens (including phenoxy) is 3. The second-order valence-corrected chi connectivity index (χ2v) is 12.4. The number of amides is 1. The zero-order chi connectivity index (χ0) is 29.5. The summed E-state index contributed by atoms with van der Waals surface area (Å²) in [4.78, 5) is 15.3. The third-order valence-corrected chi connectivity index (χ3v) is 9.60. The number of anilines is 1. The van der Waals surface area contributed by atoms with Gasteiger partial charge in [-0.25, -0.2) is 17.2 Å². The van der Waals surface area contributed by atoms with Crippen molar-refractivity contribution in [3.63, 3.8) is 0 Å². The van der Waals surface area contributed by atoms with E-state index in [-0.39, 0.29) is 43.6 Å². The van der Waals surface area contributed by atoms with Gasteiger partial charge < -0.3 is 19.1 Å². The van der Waals surface area contributed by atoms with Crippen molar-refractivity contribution < 1.29 is 36.2 Å². The summed E-state index contributed by atoms with van der Waals surface area (Å²) in [6, 6.07) is 6.89. The van der Waals surface area contributed by atoms with Gasteiger partial charge in [-0.1, -0.05) is 12.1 Å². The van der Waals surface area contributed by atoms with Gasteiger partial charge in [-0.15, -0.1) is 5.10 Å². The molecule has 1 aromatic heterocycles. The molecular formula is C28H31F2N5O6S. The van der Waals surface area contributed by atoms with Crippen LogP contribution in [0.3, 0.4) is 0 Å². The van der Waals surface area contributed by atoms with Gasteiger partial charge in [-0.05, 0) is 56.0 Å². The van der Waals surface area contributed by atoms with Crippen molar-refractivity contribution in [2.24, 2.45) is 0 Å². The molecule has 1 spiro atoms. The Morgan fingerprint density at radius 3 is 2.69 bits per heavy atom. The number of benzene rings is 2. The first-order chi connectivity index (χ1) is 20.2. The standard InChI is InChI=1S/C28H31F2N5O6S/c1-2-10-33-16-20(31-32-33)17-34-25-8-7-22(15-23(25)28(27(34)36)40-12-4-13-41-28)42(37,38)35-11-3-5-21(35)18-39-26-9-6-19(29)14-24(26)30/h6-9,14-16,21H,2-5,10-13,17-18H2,1H3/t21-/m0/s1. The minimum absolute atomic E-state index is 0.0261. The van der Waals surface area contributed by atoms with E-state index >= 15 is 0 Å². The maximum Gasteiger partial charge on any atom is 0.292 e. The van der Waals surface area contributed by atoms with Crippen LogP contribution in [0.2, 0.25) is 0 Å². The molecule has 4 heterocycles. The summed E-state index contributed by atoms with van der Waals surface area (Å²) >= 11 is 0. The molecule has 2 saturated heterocycles. The van der Waals surface area contributed by atoms with Crippen molar-refractivity contribution >= 4 is 21.6 Å². The number of nitrogens with zero attached hydrogens (tertiary/aromatic N) is 5. The van der Waals surface area contributed by atoms with Crippen molar-refractivity contribution in [2.45, 2.75) is 62.4 Å². The Bertz CT molecular complexity index is 1590. The Morgan fingerprint density at radius 1 is 1.12 bits per heavy atom. The van der Waals surface area contributed by atoms with Crippen LogP contribution in [0.1, 0.15) is 43.9 Å². The number of carbonyl (C=O) groups is 1. The third-order valence-electron chi connectivity index (χ3n) is 7.65. The summed E-state index contributed by atoms with van der Waals surface area (Å²) in [7, 11) is -4.05. The molecule has 0 unspecified atom stereocenters. The average molecular weight is 604 g/mol. The van der Waals surface area contributed by atoms with E-state index in [4.69, 9.17) is 14.2 Å². The van der Waals surface area contributed by atoms with Crippen molar-refractivity contribution in [2.75, 3.05) is 31.3 Å². The molecule has 14 heteroatoms. The molecule has 11 nitrogen and oxygen atoms in total. The minimum Gasteiger partial charge on any atom is -0.489 e. The summed E-state index contributed by atoms with van der Waals surface area (Å²) in [6.07, 6.45) is 4.34. The number of carbonyl (C=O) groups excluding carboxylic acids is 1. The van der Waals surface area contributed by atoms with Gasteiger partial charge >= 0.3 is 0 Å². The molecule has 2 fully saturated rings. The van der Waals surface area contributed by atoms with Gasteiger partial charge in [0.1, 0.15) is 18.1 Å². The van der Waals surface area contributed by atoms with Gasteiger partial charge in [0.05, 0.1) is 42.6 Å². The molecule has 0 aliphatic carbocycles. The van der Waals surface area contributed by atoms with E-state index in [0.717, 1.165) is 12.5 Å². The molecule has 6 rings (SSSR count). The number of sulfonamides is 1. The quantitative estimate of drug-likeness (QED) is 0.366. The van der Waals surface area contributed by atoms with Gasteiger partial charge in [0.15, 0.2) is 11.6 Å². The second kappa shape index (κ2) is 11.3. The van der Waals surface area contributed by atoms with Crippen LogP contribution in [0.5, 0.6) is 5.75 Å². The van der Waals surface area contributed by atoms with E-state index in [1.807, 2.05) is 6.92 Å². The zero-order valence-corrected chi connectivity index (χ0v) is 23.9. The molecule has 0 saturated carbocycles. The summed E-state index contributed by atoms with van der Waals surface area (Å²) < 4.78 is 75.7. The molecule has 3 aliphatic rings. The molecule has 1 amide bonds. The summed E-state index contributed by atoms with van der Waals surface area (Å²) in [5.74, 6) is -3.96. The Kier molecular flexibility index (Phi) is 7.72. The highest BCUT2D eigenvalue weighted by molar-refractivity contribution is 7.89. The van der Waals surface area contributed by atoms with Gasteiger partial charge in [0.25, 0.3) is 11.7 Å². The first kappa shape index (κ1) is 28.6. The van der Waals surface area contributed by atoms with Crippen molar-refractivity contribution in [1.82, 2.24) is 19.3 Å². The van der Waals surface area contributed by atoms with Crippen molar-refractivity contribution in [1.29, 1.82) is 0 Å². The van der Waals surface area contributed by atoms with Crippen molar-refractivity contribution in [3.05, 3.63) is 65.5 Å². The zero-order valence-electron chi connectivity index (χ0n) is 23.0. The van der Waals surface area contributed by atoms with E-state index in [1.165, 1.54) is 27.4 Å². The molecule has 3 aromatic rings. The average Bonchev–Trinajstić information content (AvgIpc) is 3.69. The van der Waals surface area contributed by atoms with Crippen LogP contribution in [0.25, 0.3) is 0 Å². The van der Waals surface area contributed by atoms with Crippen LogP contribution in [0.4, 0.5) is 14.5 Å². The van der Waals surface area contributed by atoms with E-state index in [1.54, 1.807) is 16.9 Å². The van der Waals surface area contributed by atoms with Crippen LogP contribution in [0, 0.1) is 11.6 Å². The van der Waals surface area contributed by atoms with E-state index in [2.05, 4.69) is 10.3 Å². The summed E-state index contributed by atoms with van der Waals surface area (Å²) in [5, 5.41) is 8.29. The smallest absolute Gasteiger partial charge is 0.292 e. The van der Waals surface area contributed by atoms with Gasteiger partial charge in [-0.2, -0.15) is 4.31 Å². The molecule has 2 aromatic carbocycles. The van der Waals surface area contributed by atoms with E-state index in [9.17, 15) is 22.0 Å². The Morgan fingerprint density at radius 2 is 1.93 bits per heavy atom. The lowest BCUT2D eigenvalue weighted by molar-refractivity contribution is -0.256. The number of rotatable bonds is 9. The maximum absolute atomic E-state index is 14.1. The lowest BCUT2D eigenvalue weighted by atomic mass is 10.1. The first-order valence-corrected chi connectivity index (χ1v) is 15.4. The Hall–Kier alpha value is -3.46. The number of halogens is 2. The normalized spacial score (nSPS) is 20.4. The number of aryl methyl sites for hydroxylation is 1. The van der Waals surface area contributed by atoms with Crippen LogP contribution < -0.4 is 9.64 Å². The summed E-state index contributed by atoms with van der Waals surface area (Å²) in [5.41, 5.74) is 1.36. The molecule has 1 atom stereocenters. The van der Waals surface area contributed by atoms with Crippen LogP contribution in [-0.4, -0.2) is 66.0 Å². The fourth-order valence-corrected chi connectivity index (χ4v) is 7.37. The van der Waals surface area contributed by atoms with Crippen molar-refractivity contribution in [3.8, 4) is 5.75 Å². The fourth-order valence-electron chi connectivity index (χ4n) is 5.66. The molecule has 224 valence electrons. The predicted octanol–water partition coefficient (Wildman–Crippen LogP) is 3.33. The summed E-state index contributed by atoms with van der Waals surface area (Å²) in [6.45, 7) is 3.52. The van der Waals surface area contributed by atoms with Crippen LogP contribution >= 0.6 is 0 Å². The second-order valence-electron chi connectivity index (χ2n) is 10.5. The monoisotopic (exact) mass is 603 g/mol. The molecular weight excluding hydrogens is 572 g/mol. The molecule has 0 bridgehead atoms. The topological polar surface area (TPSA) is 116 Å². The van der Waals surface area contributed by atoms with Crippen LogP contribution in [0.15, 0.2) is 47.5 Å². The van der Waals surface area contributed by atoms with Gasteiger partial charge in [-0.3, -0.25) is 9.48 Å². The highest BCUT2D eigenvalue weighted by Gasteiger charge is 2.55. The lowest BCUT2D eigenvalue weighted by Crippen LogP contribution is -2.47.